The first-order valence-electron chi connectivity index (χ1n) is 6.56. The highest BCUT2D eigenvalue weighted by Gasteiger charge is 2.19. The molecule has 2 rings (SSSR count). The van der Waals surface area contributed by atoms with E-state index >= 15 is 0 Å². The van der Waals surface area contributed by atoms with Crippen LogP contribution in [0.25, 0.3) is 0 Å². The molecule has 0 saturated carbocycles. The van der Waals surface area contributed by atoms with Gasteiger partial charge in [-0.15, -0.1) is 0 Å². The smallest absolute Gasteiger partial charge is 0.272 e. The Morgan fingerprint density at radius 2 is 2.42 bits per heavy atom. The standard InChI is InChI=1S/C13H20N4O2/c1-8(2)12-15-6-10(14)11(17-12)13(18)16-5-9-3-4-19-7-9/h6,8-9H,3-5,7,14H2,1-2H3,(H,16,18). The van der Waals surface area contributed by atoms with Crippen molar-refractivity contribution in [3.63, 3.8) is 0 Å². The quantitative estimate of drug-likeness (QED) is 0.845. The van der Waals surface area contributed by atoms with Gasteiger partial charge in [0.05, 0.1) is 18.5 Å². The van der Waals surface area contributed by atoms with Gasteiger partial charge in [-0.05, 0) is 6.42 Å². The Morgan fingerprint density at radius 1 is 1.63 bits per heavy atom. The van der Waals surface area contributed by atoms with Gasteiger partial charge >= 0.3 is 0 Å². The van der Waals surface area contributed by atoms with Gasteiger partial charge in [-0.25, -0.2) is 9.97 Å². The molecule has 0 aliphatic carbocycles. The summed E-state index contributed by atoms with van der Waals surface area (Å²) in [7, 11) is 0. The monoisotopic (exact) mass is 264 g/mol. The van der Waals surface area contributed by atoms with Crippen LogP contribution in [0.5, 0.6) is 0 Å². The lowest BCUT2D eigenvalue weighted by Gasteiger charge is -2.11. The molecule has 1 aliphatic heterocycles. The van der Waals surface area contributed by atoms with Crippen molar-refractivity contribution in [1.82, 2.24) is 15.3 Å². The second kappa shape index (κ2) is 5.97. The second-order valence-corrected chi connectivity index (χ2v) is 5.13. The summed E-state index contributed by atoms with van der Waals surface area (Å²) in [6.45, 7) is 6.02. The molecule has 0 bridgehead atoms. The lowest BCUT2D eigenvalue weighted by atomic mass is 10.1. The highest BCUT2D eigenvalue weighted by Crippen LogP contribution is 2.14. The highest BCUT2D eigenvalue weighted by atomic mass is 16.5. The average molecular weight is 264 g/mol. The molecule has 1 saturated heterocycles. The third kappa shape index (κ3) is 3.41. The number of nitrogens with two attached hydrogens (primary N) is 1. The summed E-state index contributed by atoms with van der Waals surface area (Å²) in [6.07, 6.45) is 2.48. The number of nitrogens with zero attached hydrogens (tertiary/aromatic N) is 2. The Bertz CT molecular complexity index is 456. The lowest BCUT2D eigenvalue weighted by molar-refractivity contribution is 0.0940. The van der Waals surface area contributed by atoms with E-state index < -0.39 is 0 Å². The molecule has 1 aromatic rings. The summed E-state index contributed by atoms with van der Waals surface area (Å²) in [5.74, 6) is 0.934. The molecule has 1 atom stereocenters. The van der Waals surface area contributed by atoms with E-state index in [9.17, 15) is 4.79 Å². The van der Waals surface area contributed by atoms with E-state index in [1.165, 1.54) is 6.20 Å². The van der Waals surface area contributed by atoms with Gasteiger partial charge < -0.3 is 15.8 Å². The molecule has 1 unspecified atom stereocenters. The van der Waals surface area contributed by atoms with Crippen LogP contribution in [0.15, 0.2) is 6.20 Å². The van der Waals surface area contributed by atoms with Crippen molar-refractivity contribution in [2.24, 2.45) is 5.92 Å². The summed E-state index contributed by atoms with van der Waals surface area (Å²) in [4.78, 5) is 20.4. The van der Waals surface area contributed by atoms with Crippen LogP contribution < -0.4 is 11.1 Å². The lowest BCUT2D eigenvalue weighted by Crippen LogP contribution is -2.31. The first kappa shape index (κ1) is 13.7. The van der Waals surface area contributed by atoms with Gasteiger partial charge in [0, 0.05) is 25.0 Å². The summed E-state index contributed by atoms with van der Waals surface area (Å²) in [6, 6.07) is 0. The third-order valence-corrected chi connectivity index (χ3v) is 3.14. The molecule has 3 N–H and O–H groups in total. The largest absolute Gasteiger partial charge is 0.396 e. The Kier molecular flexibility index (Phi) is 4.31. The molecule has 1 fully saturated rings. The third-order valence-electron chi connectivity index (χ3n) is 3.14. The predicted octanol–water partition coefficient (Wildman–Crippen LogP) is 0.949. The molecule has 0 spiro atoms. The number of ether oxygens (including phenoxy) is 1. The number of nitrogens with one attached hydrogen (secondary N) is 1. The predicted molar refractivity (Wildman–Crippen MR) is 71.8 cm³/mol. The van der Waals surface area contributed by atoms with Crippen LogP contribution in [0.1, 0.15) is 42.5 Å². The topological polar surface area (TPSA) is 90.1 Å². The number of rotatable bonds is 4. The van der Waals surface area contributed by atoms with E-state index in [-0.39, 0.29) is 17.5 Å². The molecule has 1 aromatic heterocycles. The Balaban J connectivity index is 2.02. The zero-order valence-corrected chi connectivity index (χ0v) is 11.3. The zero-order chi connectivity index (χ0) is 13.8. The summed E-state index contributed by atoms with van der Waals surface area (Å²) in [5.41, 5.74) is 6.34. The van der Waals surface area contributed by atoms with Crippen molar-refractivity contribution >= 4 is 11.6 Å². The minimum absolute atomic E-state index is 0.162. The molecule has 1 aliphatic rings. The highest BCUT2D eigenvalue weighted by molar-refractivity contribution is 5.96. The molecule has 104 valence electrons. The van der Waals surface area contributed by atoms with E-state index in [1.807, 2.05) is 13.8 Å². The fraction of sp³-hybridized carbons (Fsp3) is 0.615. The van der Waals surface area contributed by atoms with Gasteiger partial charge in [0.2, 0.25) is 0 Å². The van der Waals surface area contributed by atoms with Crippen molar-refractivity contribution in [3.05, 3.63) is 17.7 Å². The van der Waals surface area contributed by atoms with Gasteiger partial charge in [0.25, 0.3) is 5.91 Å². The maximum absolute atomic E-state index is 12.1. The number of carbonyl (C=O) groups excluding carboxylic acids is 1. The van der Waals surface area contributed by atoms with E-state index in [4.69, 9.17) is 10.5 Å². The van der Waals surface area contributed by atoms with Gasteiger partial charge in [-0.3, -0.25) is 4.79 Å². The van der Waals surface area contributed by atoms with Crippen LogP contribution in [0.4, 0.5) is 5.69 Å². The fourth-order valence-electron chi connectivity index (χ4n) is 1.93. The van der Waals surface area contributed by atoms with E-state index in [0.29, 0.717) is 30.6 Å². The number of hydrogen-bond acceptors (Lipinski definition) is 5. The molecular formula is C13H20N4O2. The van der Waals surface area contributed by atoms with Crippen molar-refractivity contribution in [3.8, 4) is 0 Å². The number of carbonyl (C=O) groups is 1. The van der Waals surface area contributed by atoms with Crippen LogP contribution in [0.2, 0.25) is 0 Å². The SMILES string of the molecule is CC(C)c1ncc(N)c(C(=O)NCC2CCOC2)n1. The molecule has 0 radical (unpaired) electrons. The number of aromatic nitrogens is 2. The van der Waals surface area contributed by atoms with Crippen molar-refractivity contribution in [2.75, 3.05) is 25.5 Å². The molecular weight excluding hydrogens is 244 g/mol. The van der Waals surface area contributed by atoms with E-state index in [0.717, 1.165) is 13.0 Å². The van der Waals surface area contributed by atoms with Crippen LogP contribution in [-0.2, 0) is 4.74 Å². The minimum Gasteiger partial charge on any atom is -0.396 e. The van der Waals surface area contributed by atoms with Gasteiger partial charge in [-0.2, -0.15) is 0 Å². The fourth-order valence-corrected chi connectivity index (χ4v) is 1.93. The summed E-state index contributed by atoms with van der Waals surface area (Å²) in [5, 5.41) is 2.86. The van der Waals surface area contributed by atoms with E-state index in [1.54, 1.807) is 0 Å². The summed E-state index contributed by atoms with van der Waals surface area (Å²) < 4.78 is 5.27. The van der Waals surface area contributed by atoms with Crippen LogP contribution in [0.3, 0.4) is 0 Å². The summed E-state index contributed by atoms with van der Waals surface area (Å²) >= 11 is 0. The second-order valence-electron chi connectivity index (χ2n) is 5.13. The maximum atomic E-state index is 12.1. The Hall–Kier alpha value is -1.69. The zero-order valence-electron chi connectivity index (χ0n) is 11.3. The van der Waals surface area contributed by atoms with E-state index in [2.05, 4.69) is 15.3 Å². The normalized spacial score (nSPS) is 18.8. The van der Waals surface area contributed by atoms with Crippen LogP contribution >= 0.6 is 0 Å². The van der Waals surface area contributed by atoms with Gasteiger partial charge in [-0.1, -0.05) is 13.8 Å². The van der Waals surface area contributed by atoms with Gasteiger partial charge in [0.1, 0.15) is 5.82 Å². The van der Waals surface area contributed by atoms with Crippen molar-refractivity contribution < 1.29 is 9.53 Å². The Morgan fingerprint density at radius 3 is 3.05 bits per heavy atom. The first-order chi connectivity index (χ1) is 9.08. The molecule has 0 aromatic carbocycles. The first-order valence-corrected chi connectivity index (χ1v) is 6.56. The molecule has 2 heterocycles. The van der Waals surface area contributed by atoms with Crippen LogP contribution in [-0.4, -0.2) is 35.6 Å². The molecule has 19 heavy (non-hydrogen) atoms. The molecule has 1 amide bonds. The molecule has 6 heteroatoms. The van der Waals surface area contributed by atoms with Crippen molar-refractivity contribution in [1.29, 1.82) is 0 Å². The maximum Gasteiger partial charge on any atom is 0.272 e. The average Bonchev–Trinajstić information content (AvgIpc) is 2.89. The van der Waals surface area contributed by atoms with Gasteiger partial charge in [0.15, 0.2) is 5.69 Å². The Labute approximate surface area is 112 Å². The number of amides is 1. The van der Waals surface area contributed by atoms with Crippen molar-refractivity contribution in [2.45, 2.75) is 26.2 Å². The number of hydrogen-bond donors (Lipinski definition) is 2. The minimum atomic E-state index is -0.242. The number of nitrogen functional groups attached to an aromatic ring is 1. The van der Waals surface area contributed by atoms with Crippen LogP contribution in [0, 0.1) is 5.92 Å². The number of anilines is 1. The molecule has 6 nitrogen and oxygen atoms in total.